The minimum Gasteiger partial charge on any atom is -0.456 e. The Labute approximate surface area is 107 Å². The number of carbonyl (C=O) groups excluding carboxylic acids is 1. The molecular formula is C13H15BO4. The Kier molecular flexibility index (Phi) is 4.17. The summed E-state index contributed by atoms with van der Waals surface area (Å²) in [5.74, 6) is 1.80. The summed E-state index contributed by atoms with van der Waals surface area (Å²) in [7, 11) is -1.68. The van der Waals surface area contributed by atoms with Crippen LogP contribution in [0.25, 0.3) is 0 Å². The Bertz CT molecular complexity index is 495. The van der Waals surface area contributed by atoms with E-state index in [2.05, 4.69) is 5.92 Å². The van der Waals surface area contributed by atoms with E-state index in [1.54, 1.807) is 20.8 Å². The van der Waals surface area contributed by atoms with E-state index in [1.165, 1.54) is 18.2 Å². The molecule has 0 heterocycles. The Balaban J connectivity index is 3.13. The summed E-state index contributed by atoms with van der Waals surface area (Å²) >= 11 is 0. The molecule has 4 nitrogen and oxygen atoms in total. The first-order valence-corrected chi connectivity index (χ1v) is 5.44. The molecule has 0 bridgehead atoms. The maximum absolute atomic E-state index is 11.8. The fourth-order valence-corrected chi connectivity index (χ4v) is 1.34. The van der Waals surface area contributed by atoms with E-state index in [-0.39, 0.29) is 11.0 Å². The van der Waals surface area contributed by atoms with E-state index in [4.69, 9.17) is 21.2 Å². The van der Waals surface area contributed by atoms with Crippen molar-refractivity contribution in [3.63, 3.8) is 0 Å². The highest BCUT2D eigenvalue weighted by Crippen LogP contribution is 2.12. The number of carbonyl (C=O) groups is 1. The van der Waals surface area contributed by atoms with Crippen molar-refractivity contribution in [1.29, 1.82) is 0 Å². The predicted molar refractivity (Wildman–Crippen MR) is 69.4 cm³/mol. The van der Waals surface area contributed by atoms with Gasteiger partial charge in [0.25, 0.3) is 0 Å². The van der Waals surface area contributed by atoms with Gasteiger partial charge in [0.1, 0.15) is 5.60 Å². The number of ether oxygens (including phenoxy) is 1. The molecular weight excluding hydrogens is 231 g/mol. The van der Waals surface area contributed by atoms with Crippen molar-refractivity contribution in [2.75, 3.05) is 0 Å². The molecule has 0 saturated heterocycles. The molecule has 1 aromatic rings. The number of hydrogen-bond donors (Lipinski definition) is 2. The molecule has 0 saturated carbocycles. The molecule has 0 fully saturated rings. The van der Waals surface area contributed by atoms with E-state index < -0.39 is 18.7 Å². The van der Waals surface area contributed by atoms with Crippen molar-refractivity contribution in [3.05, 3.63) is 29.3 Å². The van der Waals surface area contributed by atoms with Gasteiger partial charge in [0.15, 0.2) is 0 Å². The normalized spacial score (nSPS) is 10.7. The van der Waals surface area contributed by atoms with E-state index in [0.29, 0.717) is 5.56 Å². The zero-order chi connectivity index (χ0) is 13.9. The largest absolute Gasteiger partial charge is 0.488 e. The first kappa shape index (κ1) is 14.3. The van der Waals surface area contributed by atoms with Gasteiger partial charge in [0.2, 0.25) is 0 Å². The van der Waals surface area contributed by atoms with E-state index >= 15 is 0 Å². The Morgan fingerprint density at radius 3 is 2.39 bits per heavy atom. The number of rotatable bonds is 2. The fourth-order valence-electron chi connectivity index (χ4n) is 1.34. The van der Waals surface area contributed by atoms with Crippen LogP contribution in [-0.2, 0) is 4.74 Å². The lowest BCUT2D eigenvalue weighted by atomic mass is 9.78. The molecule has 0 radical (unpaired) electrons. The van der Waals surface area contributed by atoms with Gasteiger partial charge in [-0.1, -0.05) is 5.92 Å². The second-order valence-corrected chi connectivity index (χ2v) is 4.86. The lowest BCUT2D eigenvalue weighted by Gasteiger charge is -2.19. The van der Waals surface area contributed by atoms with Crippen LogP contribution in [0, 0.1) is 12.3 Å². The summed E-state index contributed by atoms with van der Waals surface area (Å²) in [6.45, 7) is 5.24. The first-order chi connectivity index (χ1) is 8.23. The van der Waals surface area contributed by atoms with Crippen molar-refractivity contribution in [2.24, 2.45) is 0 Å². The SMILES string of the molecule is C#Cc1cc(B(O)O)cc(C(=O)OC(C)(C)C)c1. The van der Waals surface area contributed by atoms with Crippen LogP contribution in [-0.4, -0.2) is 28.7 Å². The molecule has 0 aliphatic rings. The first-order valence-electron chi connectivity index (χ1n) is 5.44. The third-order valence-corrected chi connectivity index (χ3v) is 2.05. The number of hydrogen-bond acceptors (Lipinski definition) is 4. The van der Waals surface area contributed by atoms with Gasteiger partial charge in [0, 0.05) is 5.56 Å². The van der Waals surface area contributed by atoms with Gasteiger partial charge >= 0.3 is 13.1 Å². The van der Waals surface area contributed by atoms with E-state index in [9.17, 15) is 4.79 Å². The number of terminal acetylenes is 1. The van der Waals surface area contributed by atoms with Crippen LogP contribution in [0.3, 0.4) is 0 Å². The Morgan fingerprint density at radius 2 is 1.94 bits per heavy atom. The van der Waals surface area contributed by atoms with Crippen LogP contribution in [0.1, 0.15) is 36.7 Å². The molecule has 18 heavy (non-hydrogen) atoms. The summed E-state index contributed by atoms with van der Waals surface area (Å²) in [5, 5.41) is 18.2. The highest BCUT2D eigenvalue weighted by Gasteiger charge is 2.20. The highest BCUT2D eigenvalue weighted by molar-refractivity contribution is 6.58. The molecule has 0 aliphatic heterocycles. The zero-order valence-electron chi connectivity index (χ0n) is 10.6. The standard InChI is InChI=1S/C13H15BO4/c1-5-9-6-10(8-11(7-9)14(16)17)12(15)18-13(2,3)4/h1,6-8,16-17H,2-4H3. The van der Waals surface area contributed by atoms with Crippen LogP contribution >= 0.6 is 0 Å². The van der Waals surface area contributed by atoms with Crippen LogP contribution in [0.5, 0.6) is 0 Å². The summed E-state index contributed by atoms with van der Waals surface area (Å²) in [4.78, 5) is 11.8. The number of benzene rings is 1. The Hall–Kier alpha value is -1.77. The topological polar surface area (TPSA) is 66.8 Å². The predicted octanol–water partition coefficient (Wildman–Crippen LogP) is 0.303. The van der Waals surface area contributed by atoms with Gasteiger partial charge in [-0.2, -0.15) is 0 Å². The Morgan fingerprint density at radius 1 is 1.33 bits per heavy atom. The molecule has 0 atom stereocenters. The van der Waals surface area contributed by atoms with Gasteiger partial charge in [-0.3, -0.25) is 0 Å². The quantitative estimate of drug-likeness (QED) is 0.447. The molecule has 2 N–H and O–H groups in total. The maximum Gasteiger partial charge on any atom is 0.488 e. The second kappa shape index (κ2) is 5.26. The lowest BCUT2D eigenvalue weighted by molar-refractivity contribution is 0.00696. The number of esters is 1. The monoisotopic (exact) mass is 246 g/mol. The third kappa shape index (κ3) is 3.92. The zero-order valence-corrected chi connectivity index (χ0v) is 10.6. The molecule has 0 spiro atoms. The molecule has 94 valence electrons. The van der Waals surface area contributed by atoms with Gasteiger partial charge in [0.05, 0.1) is 5.56 Å². The molecule has 5 heteroatoms. The van der Waals surface area contributed by atoms with Gasteiger partial charge in [-0.05, 0) is 44.4 Å². The summed E-state index contributed by atoms with van der Waals surface area (Å²) in [5.41, 5.74) is 0.123. The summed E-state index contributed by atoms with van der Waals surface area (Å²) in [6, 6.07) is 4.25. The van der Waals surface area contributed by atoms with E-state index in [1.807, 2.05) is 0 Å². The summed E-state index contributed by atoms with van der Waals surface area (Å²) in [6.07, 6.45) is 5.25. The average Bonchev–Trinajstić information content (AvgIpc) is 2.26. The van der Waals surface area contributed by atoms with Gasteiger partial charge < -0.3 is 14.8 Å². The van der Waals surface area contributed by atoms with Crippen LogP contribution in [0.2, 0.25) is 0 Å². The minimum absolute atomic E-state index is 0.159. The molecule has 0 aromatic heterocycles. The third-order valence-electron chi connectivity index (χ3n) is 2.05. The van der Waals surface area contributed by atoms with Crippen molar-refractivity contribution in [1.82, 2.24) is 0 Å². The molecule has 0 unspecified atom stereocenters. The molecule has 0 amide bonds. The van der Waals surface area contributed by atoms with Crippen molar-refractivity contribution < 1.29 is 19.6 Å². The molecule has 1 rings (SSSR count). The molecule has 1 aromatic carbocycles. The summed E-state index contributed by atoms with van der Waals surface area (Å²) < 4.78 is 5.19. The fraction of sp³-hybridized carbons (Fsp3) is 0.308. The minimum atomic E-state index is -1.68. The maximum atomic E-state index is 11.8. The highest BCUT2D eigenvalue weighted by atomic mass is 16.6. The molecule has 0 aliphatic carbocycles. The van der Waals surface area contributed by atoms with Crippen LogP contribution < -0.4 is 5.46 Å². The van der Waals surface area contributed by atoms with E-state index in [0.717, 1.165) is 0 Å². The van der Waals surface area contributed by atoms with Gasteiger partial charge in [-0.25, -0.2) is 4.79 Å². The van der Waals surface area contributed by atoms with Crippen molar-refractivity contribution in [2.45, 2.75) is 26.4 Å². The van der Waals surface area contributed by atoms with Crippen LogP contribution in [0.4, 0.5) is 0 Å². The van der Waals surface area contributed by atoms with Gasteiger partial charge in [-0.15, -0.1) is 6.42 Å². The second-order valence-electron chi connectivity index (χ2n) is 4.86. The van der Waals surface area contributed by atoms with Crippen molar-refractivity contribution >= 4 is 18.6 Å². The average molecular weight is 246 g/mol. The smallest absolute Gasteiger partial charge is 0.456 e. The van der Waals surface area contributed by atoms with Crippen molar-refractivity contribution in [3.8, 4) is 12.3 Å². The van der Waals surface area contributed by atoms with Crippen LogP contribution in [0.15, 0.2) is 18.2 Å². The lowest BCUT2D eigenvalue weighted by Crippen LogP contribution is -2.31.